The van der Waals surface area contributed by atoms with E-state index in [4.69, 9.17) is 4.74 Å². The van der Waals surface area contributed by atoms with Gasteiger partial charge in [0.05, 0.1) is 12.8 Å². The van der Waals surface area contributed by atoms with Crippen molar-refractivity contribution in [2.75, 3.05) is 12.4 Å². The van der Waals surface area contributed by atoms with Crippen molar-refractivity contribution < 1.29 is 13.9 Å². The SMILES string of the molecule is CCCCCC(C)(Nc1ccccc1F)C(=O)OC. The lowest BCUT2D eigenvalue weighted by Crippen LogP contribution is -2.44. The molecule has 4 heteroatoms. The summed E-state index contributed by atoms with van der Waals surface area (Å²) >= 11 is 0. The molecule has 0 amide bonds. The van der Waals surface area contributed by atoms with Crippen molar-refractivity contribution >= 4 is 11.7 Å². The fourth-order valence-corrected chi connectivity index (χ4v) is 2.03. The van der Waals surface area contributed by atoms with Crippen LogP contribution in [0.5, 0.6) is 0 Å². The number of carbonyl (C=O) groups is 1. The first-order valence-corrected chi connectivity index (χ1v) is 6.64. The second kappa shape index (κ2) is 7.12. The predicted octanol–water partition coefficient (Wildman–Crippen LogP) is 3.75. The maximum absolute atomic E-state index is 13.7. The largest absolute Gasteiger partial charge is 0.467 e. The lowest BCUT2D eigenvalue weighted by Gasteiger charge is -2.29. The summed E-state index contributed by atoms with van der Waals surface area (Å²) in [6.07, 6.45) is 3.61. The van der Waals surface area contributed by atoms with Crippen LogP contribution in [0.25, 0.3) is 0 Å². The highest BCUT2D eigenvalue weighted by Crippen LogP contribution is 2.24. The average molecular weight is 267 g/mol. The molecule has 0 radical (unpaired) electrons. The molecule has 0 fully saturated rings. The monoisotopic (exact) mass is 267 g/mol. The number of ether oxygens (including phenoxy) is 1. The molecule has 0 heterocycles. The fraction of sp³-hybridized carbons (Fsp3) is 0.533. The van der Waals surface area contributed by atoms with Crippen LogP contribution < -0.4 is 5.32 Å². The first kappa shape index (κ1) is 15.5. The molecular formula is C15H22FNO2. The minimum absolute atomic E-state index is 0.326. The van der Waals surface area contributed by atoms with Gasteiger partial charge in [-0.15, -0.1) is 0 Å². The molecule has 0 bridgehead atoms. The van der Waals surface area contributed by atoms with E-state index in [9.17, 15) is 9.18 Å². The van der Waals surface area contributed by atoms with E-state index in [-0.39, 0.29) is 11.8 Å². The van der Waals surface area contributed by atoms with Crippen LogP contribution in [0.4, 0.5) is 10.1 Å². The molecule has 0 spiro atoms. The molecule has 1 rings (SSSR count). The molecule has 3 nitrogen and oxygen atoms in total. The maximum atomic E-state index is 13.7. The van der Waals surface area contributed by atoms with E-state index in [1.807, 2.05) is 0 Å². The molecule has 106 valence electrons. The second-order valence-corrected chi connectivity index (χ2v) is 4.89. The minimum atomic E-state index is -0.897. The third-order valence-corrected chi connectivity index (χ3v) is 3.20. The number of unbranched alkanes of at least 4 members (excludes halogenated alkanes) is 2. The zero-order chi connectivity index (χ0) is 14.3. The molecule has 0 aliphatic carbocycles. The number of esters is 1. The van der Waals surface area contributed by atoms with E-state index in [1.54, 1.807) is 25.1 Å². The summed E-state index contributed by atoms with van der Waals surface area (Å²) in [5.41, 5.74) is -0.571. The molecule has 0 aromatic heterocycles. The molecule has 1 N–H and O–H groups in total. The molecule has 0 aliphatic rings. The number of hydrogen-bond acceptors (Lipinski definition) is 3. The third kappa shape index (κ3) is 4.23. The predicted molar refractivity (Wildman–Crippen MR) is 74.6 cm³/mol. The van der Waals surface area contributed by atoms with Gasteiger partial charge in [0, 0.05) is 0 Å². The van der Waals surface area contributed by atoms with Crippen LogP contribution in [0, 0.1) is 5.82 Å². The number of para-hydroxylation sites is 1. The zero-order valence-electron chi connectivity index (χ0n) is 11.8. The highest BCUT2D eigenvalue weighted by Gasteiger charge is 2.34. The van der Waals surface area contributed by atoms with Gasteiger partial charge in [0.1, 0.15) is 11.4 Å². The Morgan fingerprint density at radius 2 is 2.05 bits per heavy atom. The maximum Gasteiger partial charge on any atom is 0.331 e. The molecular weight excluding hydrogens is 245 g/mol. The Morgan fingerprint density at radius 3 is 2.63 bits per heavy atom. The Morgan fingerprint density at radius 1 is 1.37 bits per heavy atom. The van der Waals surface area contributed by atoms with Gasteiger partial charge in [0.2, 0.25) is 0 Å². The van der Waals surface area contributed by atoms with Crippen LogP contribution in [0.2, 0.25) is 0 Å². The van der Waals surface area contributed by atoms with Crippen LogP contribution in [0.3, 0.4) is 0 Å². The van der Waals surface area contributed by atoms with E-state index >= 15 is 0 Å². The quantitative estimate of drug-likeness (QED) is 0.604. The summed E-state index contributed by atoms with van der Waals surface area (Å²) < 4.78 is 18.5. The van der Waals surface area contributed by atoms with Crippen molar-refractivity contribution in [2.24, 2.45) is 0 Å². The van der Waals surface area contributed by atoms with Crippen LogP contribution in [0.15, 0.2) is 24.3 Å². The number of hydrogen-bond donors (Lipinski definition) is 1. The fourth-order valence-electron chi connectivity index (χ4n) is 2.03. The van der Waals surface area contributed by atoms with Gasteiger partial charge < -0.3 is 10.1 Å². The van der Waals surface area contributed by atoms with Gasteiger partial charge in [0.25, 0.3) is 0 Å². The molecule has 0 saturated carbocycles. The van der Waals surface area contributed by atoms with E-state index in [2.05, 4.69) is 12.2 Å². The summed E-state index contributed by atoms with van der Waals surface area (Å²) in [7, 11) is 1.35. The van der Waals surface area contributed by atoms with Crippen LogP contribution >= 0.6 is 0 Å². The molecule has 1 unspecified atom stereocenters. The minimum Gasteiger partial charge on any atom is -0.467 e. The van der Waals surface area contributed by atoms with Crippen molar-refractivity contribution in [3.63, 3.8) is 0 Å². The highest BCUT2D eigenvalue weighted by molar-refractivity contribution is 5.84. The smallest absolute Gasteiger partial charge is 0.331 e. The molecule has 0 aliphatic heterocycles. The zero-order valence-corrected chi connectivity index (χ0v) is 11.8. The lowest BCUT2D eigenvalue weighted by molar-refractivity contribution is -0.145. The topological polar surface area (TPSA) is 38.3 Å². The number of methoxy groups -OCH3 is 1. The van der Waals surface area contributed by atoms with Gasteiger partial charge in [-0.05, 0) is 25.5 Å². The summed E-state index contributed by atoms with van der Waals surface area (Å²) in [5.74, 6) is -0.736. The van der Waals surface area contributed by atoms with Crippen LogP contribution in [-0.2, 0) is 9.53 Å². The van der Waals surface area contributed by atoms with Crippen molar-refractivity contribution in [3.05, 3.63) is 30.1 Å². The van der Waals surface area contributed by atoms with Crippen molar-refractivity contribution in [1.29, 1.82) is 0 Å². The van der Waals surface area contributed by atoms with E-state index in [0.29, 0.717) is 12.1 Å². The summed E-state index contributed by atoms with van der Waals surface area (Å²) in [6, 6.07) is 6.34. The summed E-state index contributed by atoms with van der Waals surface area (Å²) in [4.78, 5) is 11.9. The average Bonchev–Trinajstić information content (AvgIpc) is 2.41. The molecule has 1 aromatic carbocycles. The standard InChI is InChI=1S/C15H22FNO2/c1-4-5-8-11-15(2,14(18)19-3)17-13-10-7-6-9-12(13)16/h6-7,9-10,17H,4-5,8,11H2,1-3H3. The van der Waals surface area contributed by atoms with Gasteiger partial charge in [-0.3, -0.25) is 0 Å². The van der Waals surface area contributed by atoms with E-state index in [1.165, 1.54) is 13.2 Å². The van der Waals surface area contributed by atoms with E-state index < -0.39 is 5.54 Å². The summed E-state index contributed by atoms with van der Waals surface area (Å²) in [5, 5.41) is 2.98. The molecule has 0 saturated heterocycles. The number of halogens is 1. The van der Waals surface area contributed by atoms with Crippen molar-refractivity contribution in [3.8, 4) is 0 Å². The third-order valence-electron chi connectivity index (χ3n) is 3.20. The Balaban J connectivity index is 2.85. The summed E-state index contributed by atoms with van der Waals surface area (Å²) in [6.45, 7) is 3.85. The Labute approximate surface area is 114 Å². The first-order valence-electron chi connectivity index (χ1n) is 6.64. The number of benzene rings is 1. The van der Waals surface area contributed by atoms with Crippen molar-refractivity contribution in [1.82, 2.24) is 0 Å². The first-order chi connectivity index (χ1) is 9.03. The number of nitrogens with one attached hydrogen (secondary N) is 1. The van der Waals surface area contributed by atoms with E-state index in [0.717, 1.165) is 19.3 Å². The van der Waals surface area contributed by atoms with Crippen molar-refractivity contribution in [2.45, 2.75) is 45.1 Å². The molecule has 1 aromatic rings. The molecule has 19 heavy (non-hydrogen) atoms. The lowest BCUT2D eigenvalue weighted by atomic mass is 9.94. The van der Waals surface area contributed by atoms with Gasteiger partial charge in [-0.25, -0.2) is 9.18 Å². The van der Waals surface area contributed by atoms with Gasteiger partial charge in [0.15, 0.2) is 0 Å². The number of rotatable bonds is 7. The van der Waals surface area contributed by atoms with Gasteiger partial charge in [-0.2, -0.15) is 0 Å². The van der Waals surface area contributed by atoms with Crippen LogP contribution in [-0.4, -0.2) is 18.6 Å². The number of anilines is 1. The highest BCUT2D eigenvalue weighted by atomic mass is 19.1. The Bertz CT molecular complexity index is 422. The van der Waals surface area contributed by atoms with Crippen LogP contribution in [0.1, 0.15) is 39.5 Å². The van der Waals surface area contributed by atoms with Gasteiger partial charge >= 0.3 is 5.97 Å². The molecule has 1 atom stereocenters. The van der Waals surface area contributed by atoms with Gasteiger partial charge in [-0.1, -0.05) is 38.3 Å². The Hall–Kier alpha value is -1.58. The number of carbonyl (C=O) groups excluding carboxylic acids is 1. The normalized spacial score (nSPS) is 13.7. The Kier molecular flexibility index (Phi) is 5.80. The second-order valence-electron chi connectivity index (χ2n) is 4.89.